The molecule has 0 amide bonds. The van der Waals surface area contributed by atoms with Gasteiger partial charge in [-0.1, -0.05) is 23.8 Å². The lowest BCUT2D eigenvalue weighted by Crippen LogP contribution is -2.19. The SMILES string of the molecule is Cc1ccc(C(N)Cn2cc(C)cn2)c(C)c1. The van der Waals surface area contributed by atoms with Crippen molar-refractivity contribution in [2.45, 2.75) is 33.4 Å². The van der Waals surface area contributed by atoms with Crippen molar-refractivity contribution >= 4 is 0 Å². The topological polar surface area (TPSA) is 43.8 Å². The van der Waals surface area contributed by atoms with Crippen molar-refractivity contribution < 1.29 is 0 Å². The molecule has 2 rings (SSSR count). The predicted octanol–water partition coefficient (Wildman–Crippen LogP) is 2.51. The number of aromatic nitrogens is 2. The molecule has 90 valence electrons. The minimum absolute atomic E-state index is 0.00472. The quantitative estimate of drug-likeness (QED) is 0.878. The van der Waals surface area contributed by atoms with Gasteiger partial charge in [0, 0.05) is 12.2 Å². The molecule has 2 aromatic rings. The Morgan fingerprint density at radius 2 is 2.00 bits per heavy atom. The third-order valence-corrected chi connectivity index (χ3v) is 2.97. The van der Waals surface area contributed by atoms with Gasteiger partial charge in [-0.25, -0.2) is 0 Å². The maximum Gasteiger partial charge on any atom is 0.0602 e. The average molecular weight is 229 g/mol. The Kier molecular flexibility index (Phi) is 3.29. The van der Waals surface area contributed by atoms with Gasteiger partial charge in [-0.05, 0) is 37.5 Å². The number of hydrogen-bond donors (Lipinski definition) is 1. The molecule has 1 atom stereocenters. The van der Waals surface area contributed by atoms with E-state index in [1.165, 1.54) is 16.7 Å². The lowest BCUT2D eigenvalue weighted by atomic mass is 10.00. The lowest BCUT2D eigenvalue weighted by Gasteiger charge is -2.15. The van der Waals surface area contributed by atoms with Gasteiger partial charge in [0.2, 0.25) is 0 Å². The lowest BCUT2D eigenvalue weighted by molar-refractivity contribution is 0.526. The molecule has 1 heterocycles. The van der Waals surface area contributed by atoms with Gasteiger partial charge in [-0.15, -0.1) is 0 Å². The maximum atomic E-state index is 6.23. The summed E-state index contributed by atoms with van der Waals surface area (Å²) in [5.74, 6) is 0. The van der Waals surface area contributed by atoms with Crippen molar-refractivity contribution in [2.75, 3.05) is 0 Å². The number of benzene rings is 1. The van der Waals surface area contributed by atoms with Gasteiger partial charge >= 0.3 is 0 Å². The Labute approximate surface area is 102 Å². The van der Waals surface area contributed by atoms with Gasteiger partial charge in [0.1, 0.15) is 0 Å². The number of aryl methyl sites for hydroxylation is 3. The molecule has 1 aromatic heterocycles. The Hall–Kier alpha value is -1.61. The maximum absolute atomic E-state index is 6.23. The van der Waals surface area contributed by atoms with E-state index >= 15 is 0 Å². The summed E-state index contributed by atoms with van der Waals surface area (Å²) in [5.41, 5.74) is 11.1. The van der Waals surface area contributed by atoms with Crippen molar-refractivity contribution in [2.24, 2.45) is 5.73 Å². The first-order valence-electron chi connectivity index (χ1n) is 5.88. The highest BCUT2D eigenvalue weighted by atomic mass is 15.3. The summed E-state index contributed by atoms with van der Waals surface area (Å²) >= 11 is 0. The second-order valence-corrected chi connectivity index (χ2v) is 4.71. The van der Waals surface area contributed by atoms with Crippen LogP contribution in [-0.2, 0) is 6.54 Å². The van der Waals surface area contributed by atoms with Gasteiger partial charge in [-0.3, -0.25) is 4.68 Å². The van der Waals surface area contributed by atoms with Crippen LogP contribution in [0.4, 0.5) is 0 Å². The Bertz CT molecular complexity index is 514. The summed E-state index contributed by atoms with van der Waals surface area (Å²) in [7, 11) is 0. The Morgan fingerprint density at radius 3 is 2.59 bits per heavy atom. The fraction of sp³-hybridized carbons (Fsp3) is 0.357. The highest BCUT2D eigenvalue weighted by molar-refractivity contribution is 5.32. The highest BCUT2D eigenvalue weighted by Crippen LogP contribution is 2.18. The van der Waals surface area contributed by atoms with Crippen LogP contribution in [-0.4, -0.2) is 9.78 Å². The monoisotopic (exact) mass is 229 g/mol. The molecule has 17 heavy (non-hydrogen) atoms. The number of nitrogens with zero attached hydrogens (tertiary/aromatic N) is 2. The number of hydrogen-bond acceptors (Lipinski definition) is 2. The molecule has 0 aliphatic carbocycles. The van der Waals surface area contributed by atoms with E-state index in [4.69, 9.17) is 5.73 Å². The van der Waals surface area contributed by atoms with Crippen LogP contribution in [0.5, 0.6) is 0 Å². The van der Waals surface area contributed by atoms with E-state index in [2.05, 4.69) is 37.1 Å². The number of rotatable bonds is 3. The van der Waals surface area contributed by atoms with Crippen LogP contribution in [0.3, 0.4) is 0 Å². The fourth-order valence-electron chi connectivity index (χ4n) is 2.11. The Morgan fingerprint density at radius 1 is 1.24 bits per heavy atom. The summed E-state index contributed by atoms with van der Waals surface area (Å²) in [4.78, 5) is 0. The van der Waals surface area contributed by atoms with Crippen LogP contribution in [0.15, 0.2) is 30.6 Å². The summed E-state index contributed by atoms with van der Waals surface area (Å²) in [6, 6.07) is 6.39. The van der Waals surface area contributed by atoms with E-state index in [1.54, 1.807) is 0 Å². The van der Waals surface area contributed by atoms with Gasteiger partial charge in [0.25, 0.3) is 0 Å². The van der Waals surface area contributed by atoms with Crippen LogP contribution in [0.25, 0.3) is 0 Å². The van der Waals surface area contributed by atoms with Crippen LogP contribution in [0, 0.1) is 20.8 Å². The standard InChI is InChI=1S/C14H19N3/c1-10-4-5-13(12(3)6-10)14(15)9-17-8-11(2)7-16-17/h4-8,14H,9,15H2,1-3H3. The van der Waals surface area contributed by atoms with E-state index < -0.39 is 0 Å². The molecular weight excluding hydrogens is 210 g/mol. The first-order valence-corrected chi connectivity index (χ1v) is 5.88. The zero-order chi connectivity index (χ0) is 12.4. The first-order chi connectivity index (χ1) is 8.06. The molecule has 1 unspecified atom stereocenters. The van der Waals surface area contributed by atoms with Crippen molar-refractivity contribution in [1.82, 2.24) is 9.78 Å². The first kappa shape index (κ1) is 11.9. The van der Waals surface area contributed by atoms with E-state index in [0.717, 1.165) is 12.1 Å². The Balaban J connectivity index is 2.17. The van der Waals surface area contributed by atoms with Crippen LogP contribution >= 0.6 is 0 Å². The number of nitrogens with two attached hydrogens (primary N) is 1. The molecule has 0 spiro atoms. The second-order valence-electron chi connectivity index (χ2n) is 4.71. The molecule has 0 saturated carbocycles. The third kappa shape index (κ3) is 2.74. The van der Waals surface area contributed by atoms with Gasteiger partial charge in [0.15, 0.2) is 0 Å². The van der Waals surface area contributed by atoms with Crippen molar-refractivity contribution in [1.29, 1.82) is 0 Å². The molecule has 0 saturated heterocycles. The van der Waals surface area contributed by atoms with Crippen molar-refractivity contribution in [3.8, 4) is 0 Å². The van der Waals surface area contributed by atoms with Crippen LogP contribution < -0.4 is 5.73 Å². The molecule has 2 N–H and O–H groups in total. The molecule has 3 heteroatoms. The minimum atomic E-state index is -0.00472. The van der Waals surface area contributed by atoms with E-state index in [1.807, 2.05) is 24.0 Å². The minimum Gasteiger partial charge on any atom is -0.322 e. The molecule has 3 nitrogen and oxygen atoms in total. The van der Waals surface area contributed by atoms with Gasteiger partial charge < -0.3 is 5.73 Å². The van der Waals surface area contributed by atoms with Crippen LogP contribution in [0.1, 0.15) is 28.3 Å². The third-order valence-electron chi connectivity index (χ3n) is 2.97. The van der Waals surface area contributed by atoms with Crippen LogP contribution in [0.2, 0.25) is 0 Å². The zero-order valence-corrected chi connectivity index (χ0v) is 10.6. The average Bonchev–Trinajstić information content (AvgIpc) is 2.63. The summed E-state index contributed by atoms with van der Waals surface area (Å²) in [6.07, 6.45) is 3.87. The zero-order valence-electron chi connectivity index (χ0n) is 10.6. The van der Waals surface area contributed by atoms with E-state index in [0.29, 0.717) is 0 Å². The summed E-state index contributed by atoms with van der Waals surface area (Å²) in [5, 5.41) is 4.27. The molecule has 1 aromatic carbocycles. The second kappa shape index (κ2) is 4.72. The smallest absolute Gasteiger partial charge is 0.0602 e. The molecule has 0 bridgehead atoms. The van der Waals surface area contributed by atoms with E-state index in [-0.39, 0.29) is 6.04 Å². The van der Waals surface area contributed by atoms with E-state index in [9.17, 15) is 0 Å². The molecule has 0 aliphatic heterocycles. The fourth-order valence-corrected chi connectivity index (χ4v) is 2.11. The molecule has 0 aliphatic rings. The summed E-state index contributed by atoms with van der Waals surface area (Å²) < 4.78 is 1.90. The van der Waals surface area contributed by atoms with Gasteiger partial charge in [-0.2, -0.15) is 5.10 Å². The molecule has 0 fully saturated rings. The highest BCUT2D eigenvalue weighted by Gasteiger charge is 2.10. The molecule has 0 radical (unpaired) electrons. The predicted molar refractivity (Wildman–Crippen MR) is 69.8 cm³/mol. The molecular formula is C14H19N3. The largest absolute Gasteiger partial charge is 0.322 e. The normalized spacial score (nSPS) is 12.7. The van der Waals surface area contributed by atoms with Crippen molar-refractivity contribution in [3.05, 3.63) is 52.8 Å². The van der Waals surface area contributed by atoms with Crippen molar-refractivity contribution in [3.63, 3.8) is 0 Å². The van der Waals surface area contributed by atoms with Gasteiger partial charge in [0.05, 0.1) is 12.7 Å². The summed E-state index contributed by atoms with van der Waals surface area (Å²) in [6.45, 7) is 6.96.